The summed E-state index contributed by atoms with van der Waals surface area (Å²) in [7, 11) is 0. The van der Waals surface area contributed by atoms with Gasteiger partial charge in [0.15, 0.2) is 0 Å². The molecule has 7 heteroatoms. The Bertz CT molecular complexity index is 347. The van der Waals surface area contributed by atoms with Gasteiger partial charge in [-0.2, -0.15) is 5.10 Å². The van der Waals surface area contributed by atoms with Crippen molar-refractivity contribution in [3.05, 3.63) is 12.2 Å². The lowest BCUT2D eigenvalue weighted by molar-refractivity contribution is -0.120. The maximum absolute atomic E-state index is 11.3. The molecule has 0 spiro atoms. The van der Waals surface area contributed by atoms with Crippen LogP contribution in [0.25, 0.3) is 0 Å². The maximum atomic E-state index is 11.3. The molecule has 0 radical (unpaired) electrons. The van der Waals surface area contributed by atoms with E-state index in [0.29, 0.717) is 12.5 Å². The van der Waals surface area contributed by atoms with Crippen molar-refractivity contribution in [1.29, 1.82) is 0 Å². The maximum Gasteiger partial charge on any atom is 0.289 e. The van der Waals surface area contributed by atoms with E-state index < -0.39 is 5.91 Å². The van der Waals surface area contributed by atoms with Crippen molar-refractivity contribution in [3.8, 4) is 0 Å². The van der Waals surface area contributed by atoms with Gasteiger partial charge < -0.3 is 10.6 Å². The zero-order valence-electron chi connectivity index (χ0n) is 9.28. The van der Waals surface area contributed by atoms with Crippen LogP contribution in [0.4, 0.5) is 0 Å². The number of hydrogen-bond donors (Lipinski definition) is 3. The molecule has 1 aromatic rings. The van der Waals surface area contributed by atoms with E-state index in [2.05, 4.69) is 25.8 Å². The van der Waals surface area contributed by atoms with Crippen LogP contribution in [0, 0.1) is 5.92 Å². The Labute approximate surface area is 93.0 Å². The van der Waals surface area contributed by atoms with E-state index in [1.54, 1.807) is 0 Å². The standard InChI is InChI=1S/C9H15N5O2/c1-6(2)3-10-7(15)4-11-9(16)8-12-5-13-14-8/h5-6H,3-4H2,1-2H3,(H,10,15)(H,11,16)(H,12,13,14). The number of nitrogens with zero attached hydrogens (tertiary/aromatic N) is 2. The molecule has 7 nitrogen and oxygen atoms in total. The Hall–Kier alpha value is -1.92. The molecule has 88 valence electrons. The third-order valence-electron chi connectivity index (χ3n) is 1.75. The first-order chi connectivity index (χ1) is 7.59. The number of amides is 2. The van der Waals surface area contributed by atoms with Crippen LogP contribution in [-0.4, -0.2) is 40.1 Å². The largest absolute Gasteiger partial charge is 0.354 e. The van der Waals surface area contributed by atoms with E-state index in [0.717, 1.165) is 0 Å². The molecule has 0 aliphatic heterocycles. The third-order valence-corrected chi connectivity index (χ3v) is 1.75. The molecule has 2 amide bonds. The summed E-state index contributed by atoms with van der Waals surface area (Å²) in [5.74, 6) is -0.190. The van der Waals surface area contributed by atoms with Gasteiger partial charge >= 0.3 is 0 Å². The van der Waals surface area contributed by atoms with Crippen molar-refractivity contribution in [3.63, 3.8) is 0 Å². The highest BCUT2D eigenvalue weighted by molar-refractivity contribution is 5.93. The normalized spacial score (nSPS) is 10.2. The van der Waals surface area contributed by atoms with Crippen molar-refractivity contribution < 1.29 is 9.59 Å². The van der Waals surface area contributed by atoms with Crippen LogP contribution in [0.15, 0.2) is 6.33 Å². The molecule has 0 unspecified atom stereocenters. The SMILES string of the molecule is CC(C)CNC(=O)CNC(=O)c1ncn[nH]1. The fourth-order valence-electron chi connectivity index (χ4n) is 0.940. The fraction of sp³-hybridized carbons (Fsp3) is 0.556. The van der Waals surface area contributed by atoms with E-state index in [9.17, 15) is 9.59 Å². The van der Waals surface area contributed by atoms with Crippen molar-refractivity contribution in [2.75, 3.05) is 13.1 Å². The Kier molecular flexibility index (Phi) is 4.43. The zero-order valence-corrected chi connectivity index (χ0v) is 9.28. The molecule has 1 rings (SSSR count). The minimum absolute atomic E-state index is 0.0632. The van der Waals surface area contributed by atoms with Gasteiger partial charge in [-0.05, 0) is 5.92 Å². The summed E-state index contributed by atoms with van der Waals surface area (Å²) in [6.07, 6.45) is 1.23. The van der Waals surface area contributed by atoms with E-state index in [1.807, 2.05) is 13.8 Å². The Morgan fingerprint density at radius 3 is 2.75 bits per heavy atom. The number of carbonyl (C=O) groups excluding carboxylic acids is 2. The minimum Gasteiger partial charge on any atom is -0.354 e. The summed E-state index contributed by atoms with van der Waals surface area (Å²) < 4.78 is 0. The van der Waals surface area contributed by atoms with E-state index in [-0.39, 0.29) is 18.3 Å². The number of aromatic amines is 1. The molecule has 0 aliphatic rings. The molecule has 1 heterocycles. The topological polar surface area (TPSA) is 99.8 Å². The van der Waals surface area contributed by atoms with Crippen LogP contribution in [0.5, 0.6) is 0 Å². The Morgan fingerprint density at radius 1 is 1.44 bits per heavy atom. The molecule has 16 heavy (non-hydrogen) atoms. The summed E-state index contributed by atoms with van der Waals surface area (Å²) >= 11 is 0. The average Bonchev–Trinajstić information content (AvgIpc) is 2.76. The predicted octanol–water partition coefficient (Wildman–Crippen LogP) is -0.693. The van der Waals surface area contributed by atoms with Crippen molar-refractivity contribution in [2.45, 2.75) is 13.8 Å². The smallest absolute Gasteiger partial charge is 0.289 e. The van der Waals surface area contributed by atoms with Crippen LogP contribution in [-0.2, 0) is 4.79 Å². The van der Waals surface area contributed by atoms with E-state index in [4.69, 9.17) is 0 Å². The summed E-state index contributed by atoms with van der Waals surface area (Å²) in [5.41, 5.74) is 0. The highest BCUT2D eigenvalue weighted by atomic mass is 16.2. The van der Waals surface area contributed by atoms with Gasteiger partial charge in [-0.1, -0.05) is 13.8 Å². The number of hydrogen-bond acceptors (Lipinski definition) is 4. The van der Waals surface area contributed by atoms with Crippen molar-refractivity contribution >= 4 is 11.8 Å². The van der Waals surface area contributed by atoms with Gasteiger partial charge in [0.2, 0.25) is 11.7 Å². The fourth-order valence-corrected chi connectivity index (χ4v) is 0.940. The first-order valence-corrected chi connectivity index (χ1v) is 5.00. The van der Waals surface area contributed by atoms with Crippen LogP contribution < -0.4 is 10.6 Å². The molecule has 1 aromatic heterocycles. The minimum atomic E-state index is -0.447. The first-order valence-electron chi connectivity index (χ1n) is 5.00. The van der Waals surface area contributed by atoms with Gasteiger partial charge in [-0.15, -0.1) is 0 Å². The van der Waals surface area contributed by atoms with Gasteiger partial charge in [0.25, 0.3) is 5.91 Å². The van der Waals surface area contributed by atoms with Gasteiger partial charge in [0.05, 0.1) is 6.54 Å². The summed E-state index contributed by atoms with van der Waals surface area (Å²) in [6.45, 7) is 4.52. The molecule has 0 aliphatic carbocycles. The quantitative estimate of drug-likeness (QED) is 0.617. The highest BCUT2D eigenvalue weighted by Gasteiger charge is 2.09. The number of nitrogens with one attached hydrogen (secondary N) is 3. The summed E-state index contributed by atoms with van der Waals surface area (Å²) in [4.78, 5) is 26.2. The molecule has 0 saturated carbocycles. The molecule has 0 bridgehead atoms. The van der Waals surface area contributed by atoms with Crippen LogP contribution in [0.3, 0.4) is 0 Å². The number of aromatic nitrogens is 3. The van der Waals surface area contributed by atoms with Crippen LogP contribution >= 0.6 is 0 Å². The third kappa shape index (κ3) is 4.07. The summed E-state index contributed by atoms with van der Waals surface area (Å²) in [6, 6.07) is 0. The van der Waals surface area contributed by atoms with Gasteiger partial charge in [-0.25, -0.2) is 4.98 Å². The van der Waals surface area contributed by atoms with Crippen LogP contribution in [0.2, 0.25) is 0 Å². The van der Waals surface area contributed by atoms with Crippen LogP contribution in [0.1, 0.15) is 24.5 Å². The van der Waals surface area contributed by atoms with E-state index >= 15 is 0 Å². The Morgan fingerprint density at radius 2 is 2.19 bits per heavy atom. The lowest BCUT2D eigenvalue weighted by Gasteiger charge is -2.07. The molecule has 0 atom stereocenters. The molecule has 0 fully saturated rings. The molecular weight excluding hydrogens is 210 g/mol. The second-order valence-electron chi connectivity index (χ2n) is 3.71. The monoisotopic (exact) mass is 225 g/mol. The van der Waals surface area contributed by atoms with Gasteiger partial charge in [0.1, 0.15) is 6.33 Å². The second kappa shape index (κ2) is 5.84. The Balaban J connectivity index is 2.24. The summed E-state index contributed by atoms with van der Waals surface area (Å²) in [5, 5.41) is 11.0. The highest BCUT2D eigenvalue weighted by Crippen LogP contribution is 1.87. The lowest BCUT2D eigenvalue weighted by atomic mass is 10.2. The molecule has 0 aromatic carbocycles. The number of rotatable bonds is 5. The van der Waals surface area contributed by atoms with Gasteiger partial charge in [-0.3, -0.25) is 14.7 Å². The zero-order chi connectivity index (χ0) is 12.0. The van der Waals surface area contributed by atoms with Crippen molar-refractivity contribution in [1.82, 2.24) is 25.8 Å². The molecule has 3 N–H and O–H groups in total. The van der Waals surface area contributed by atoms with Gasteiger partial charge in [0, 0.05) is 6.54 Å². The predicted molar refractivity (Wildman–Crippen MR) is 56.6 cm³/mol. The first kappa shape index (κ1) is 12.2. The average molecular weight is 225 g/mol. The van der Waals surface area contributed by atoms with Crippen molar-refractivity contribution in [2.24, 2.45) is 5.92 Å². The molecule has 0 saturated heterocycles. The molecular formula is C9H15N5O2. The lowest BCUT2D eigenvalue weighted by Crippen LogP contribution is -2.38. The van der Waals surface area contributed by atoms with E-state index in [1.165, 1.54) is 6.33 Å². The number of H-pyrrole nitrogens is 1. The second-order valence-corrected chi connectivity index (χ2v) is 3.71. The number of carbonyl (C=O) groups is 2.